The van der Waals surface area contributed by atoms with E-state index in [0.717, 1.165) is 30.5 Å². The van der Waals surface area contributed by atoms with Gasteiger partial charge in [-0.05, 0) is 42.6 Å². The Kier molecular flexibility index (Phi) is 5.74. The normalized spacial score (nSPS) is 18.9. The molecule has 0 aliphatic carbocycles. The quantitative estimate of drug-likeness (QED) is 0.844. The zero-order valence-corrected chi connectivity index (χ0v) is 15.6. The smallest absolute Gasteiger partial charge is 0.225 e. The zero-order chi connectivity index (χ0) is 18.6. The van der Waals surface area contributed by atoms with Crippen molar-refractivity contribution in [3.8, 4) is 0 Å². The van der Waals surface area contributed by atoms with Crippen LogP contribution in [0.2, 0.25) is 0 Å². The highest BCUT2D eigenvalue weighted by Crippen LogP contribution is 2.25. The SMILES string of the molecule is CS(=O)(=O)c1cccc(C(NC(=O)C2CCCNC2)c2ccccc2)c1. The Morgan fingerprint density at radius 1 is 1.12 bits per heavy atom. The van der Waals surface area contributed by atoms with Gasteiger partial charge >= 0.3 is 0 Å². The summed E-state index contributed by atoms with van der Waals surface area (Å²) < 4.78 is 23.8. The van der Waals surface area contributed by atoms with Crippen molar-refractivity contribution in [1.82, 2.24) is 10.6 Å². The van der Waals surface area contributed by atoms with Crippen molar-refractivity contribution >= 4 is 15.7 Å². The van der Waals surface area contributed by atoms with Crippen LogP contribution >= 0.6 is 0 Å². The van der Waals surface area contributed by atoms with Gasteiger partial charge in [-0.3, -0.25) is 4.79 Å². The van der Waals surface area contributed by atoms with Crippen LogP contribution < -0.4 is 10.6 Å². The molecule has 0 aromatic heterocycles. The molecule has 0 spiro atoms. The predicted molar refractivity (Wildman–Crippen MR) is 102 cm³/mol. The van der Waals surface area contributed by atoms with E-state index in [9.17, 15) is 13.2 Å². The summed E-state index contributed by atoms with van der Waals surface area (Å²) in [6.07, 6.45) is 3.04. The average molecular weight is 372 g/mol. The first-order chi connectivity index (χ1) is 12.4. The van der Waals surface area contributed by atoms with E-state index in [4.69, 9.17) is 0 Å². The highest BCUT2D eigenvalue weighted by atomic mass is 32.2. The van der Waals surface area contributed by atoms with Gasteiger partial charge in [0.25, 0.3) is 0 Å². The number of rotatable bonds is 5. The first kappa shape index (κ1) is 18.6. The Morgan fingerprint density at radius 2 is 1.85 bits per heavy atom. The number of piperidine rings is 1. The van der Waals surface area contributed by atoms with Crippen molar-refractivity contribution in [2.24, 2.45) is 5.92 Å². The lowest BCUT2D eigenvalue weighted by Gasteiger charge is -2.26. The van der Waals surface area contributed by atoms with E-state index in [2.05, 4.69) is 10.6 Å². The van der Waals surface area contributed by atoms with E-state index in [1.807, 2.05) is 36.4 Å². The van der Waals surface area contributed by atoms with E-state index in [0.29, 0.717) is 6.54 Å². The Morgan fingerprint density at radius 3 is 2.50 bits per heavy atom. The number of hydrogen-bond acceptors (Lipinski definition) is 4. The third-order valence-electron chi connectivity index (χ3n) is 4.71. The number of benzene rings is 2. The molecular formula is C20H24N2O3S. The van der Waals surface area contributed by atoms with Crippen LogP contribution in [0.4, 0.5) is 0 Å². The highest BCUT2D eigenvalue weighted by molar-refractivity contribution is 7.90. The summed E-state index contributed by atoms with van der Waals surface area (Å²) in [6.45, 7) is 1.62. The van der Waals surface area contributed by atoms with Gasteiger partial charge in [0.1, 0.15) is 0 Å². The molecule has 2 aromatic rings. The maximum Gasteiger partial charge on any atom is 0.225 e. The first-order valence-corrected chi connectivity index (χ1v) is 10.7. The van der Waals surface area contributed by atoms with E-state index in [1.54, 1.807) is 18.2 Å². The minimum atomic E-state index is -3.31. The van der Waals surface area contributed by atoms with Gasteiger partial charge in [0.2, 0.25) is 5.91 Å². The molecule has 2 N–H and O–H groups in total. The molecule has 5 nitrogen and oxygen atoms in total. The van der Waals surface area contributed by atoms with Gasteiger partial charge in [0.05, 0.1) is 16.9 Å². The molecule has 26 heavy (non-hydrogen) atoms. The molecule has 2 unspecified atom stereocenters. The molecule has 1 amide bonds. The summed E-state index contributed by atoms with van der Waals surface area (Å²) in [5, 5.41) is 6.38. The molecule has 1 fully saturated rings. The summed E-state index contributed by atoms with van der Waals surface area (Å²) >= 11 is 0. The summed E-state index contributed by atoms with van der Waals surface area (Å²) in [7, 11) is -3.31. The van der Waals surface area contributed by atoms with E-state index < -0.39 is 9.84 Å². The summed E-state index contributed by atoms with van der Waals surface area (Å²) in [5.41, 5.74) is 1.69. The van der Waals surface area contributed by atoms with Crippen molar-refractivity contribution in [2.45, 2.75) is 23.8 Å². The second-order valence-corrected chi connectivity index (χ2v) is 8.76. The van der Waals surface area contributed by atoms with Crippen LogP contribution in [-0.2, 0) is 14.6 Å². The van der Waals surface area contributed by atoms with Gasteiger partial charge in [-0.15, -0.1) is 0 Å². The molecular weight excluding hydrogens is 348 g/mol. The molecule has 0 radical (unpaired) electrons. The van der Waals surface area contributed by atoms with E-state index in [1.165, 1.54) is 6.26 Å². The molecule has 3 rings (SSSR count). The topological polar surface area (TPSA) is 75.3 Å². The van der Waals surface area contributed by atoms with Crippen LogP contribution in [0, 0.1) is 5.92 Å². The van der Waals surface area contributed by atoms with Gasteiger partial charge in [-0.2, -0.15) is 0 Å². The number of nitrogens with one attached hydrogen (secondary N) is 2. The summed E-state index contributed by atoms with van der Waals surface area (Å²) in [5.74, 6) is -0.0659. The molecule has 1 aliphatic rings. The fourth-order valence-electron chi connectivity index (χ4n) is 3.27. The van der Waals surface area contributed by atoms with E-state index in [-0.39, 0.29) is 22.8 Å². The van der Waals surface area contributed by atoms with Crippen LogP contribution in [0.1, 0.15) is 30.0 Å². The second kappa shape index (κ2) is 8.01. The van der Waals surface area contributed by atoms with Crippen molar-refractivity contribution in [1.29, 1.82) is 0 Å². The Balaban J connectivity index is 1.93. The van der Waals surface area contributed by atoms with Gasteiger partial charge in [0, 0.05) is 12.8 Å². The lowest BCUT2D eigenvalue weighted by Crippen LogP contribution is -2.42. The Bertz CT molecular complexity index is 860. The number of sulfone groups is 1. The lowest BCUT2D eigenvalue weighted by molar-refractivity contribution is -0.126. The van der Waals surface area contributed by atoms with Crippen molar-refractivity contribution in [3.63, 3.8) is 0 Å². The maximum atomic E-state index is 12.8. The predicted octanol–water partition coefficient (Wildman–Crippen LogP) is 2.30. The van der Waals surface area contributed by atoms with Gasteiger partial charge in [-0.25, -0.2) is 8.42 Å². The first-order valence-electron chi connectivity index (χ1n) is 8.81. The molecule has 0 bridgehead atoms. The molecule has 0 saturated carbocycles. The minimum Gasteiger partial charge on any atom is -0.345 e. The molecule has 1 heterocycles. The highest BCUT2D eigenvalue weighted by Gasteiger charge is 2.25. The zero-order valence-electron chi connectivity index (χ0n) is 14.8. The summed E-state index contributed by atoms with van der Waals surface area (Å²) in [6, 6.07) is 16.0. The maximum absolute atomic E-state index is 12.8. The monoisotopic (exact) mass is 372 g/mol. The Labute approximate surface area is 154 Å². The average Bonchev–Trinajstić information content (AvgIpc) is 2.67. The molecule has 1 saturated heterocycles. The van der Waals surface area contributed by atoms with Crippen molar-refractivity contribution in [3.05, 3.63) is 65.7 Å². The fraction of sp³-hybridized carbons (Fsp3) is 0.350. The number of carbonyl (C=O) groups excluding carboxylic acids is 1. The van der Waals surface area contributed by atoms with Crippen LogP contribution in [-0.4, -0.2) is 33.7 Å². The van der Waals surface area contributed by atoms with Crippen molar-refractivity contribution in [2.75, 3.05) is 19.3 Å². The largest absolute Gasteiger partial charge is 0.345 e. The molecule has 2 atom stereocenters. The molecule has 138 valence electrons. The number of hydrogen-bond donors (Lipinski definition) is 2. The minimum absolute atomic E-state index is 0.00388. The van der Waals surface area contributed by atoms with Gasteiger partial charge < -0.3 is 10.6 Å². The van der Waals surface area contributed by atoms with Gasteiger partial charge in [0.15, 0.2) is 9.84 Å². The van der Waals surface area contributed by atoms with Crippen LogP contribution in [0.5, 0.6) is 0 Å². The molecule has 6 heteroatoms. The summed E-state index contributed by atoms with van der Waals surface area (Å²) in [4.78, 5) is 13.0. The van der Waals surface area contributed by atoms with Crippen LogP contribution in [0.3, 0.4) is 0 Å². The van der Waals surface area contributed by atoms with Crippen LogP contribution in [0.25, 0.3) is 0 Å². The lowest BCUT2D eigenvalue weighted by atomic mass is 9.95. The molecule has 1 aliphatic heterocycles. The third-order valence-corrected chi connectivity index (χ3v) is 5.82. The molecule has 2 aromatic carbocycles. The van der Waals surface area contributed by atoms with Crippen molar-refractivity contribution < 1.29 is 13.2 Å². The van der Waals surface area contributed by atoms with Crippen LogP contribution in [0.15, 0.2) is 59.5 Å². The number of carbonyl (C=O) groups is 1. The van der Waals surface area contributed by atoms with Gasteiger partial charge in [-0.1, -0.05) is 42.5 Å². The second-order valence-electron chi connectivity index (χ2n) is 6.74. The standard InChI is InChI=1S/C20H24N2O3S/c1-26(24,25)18-11-5-9-16(13-18)19(15-7-3-2-4-8-15)22-20(23)17-10-6-12-21-14-17/h2-5,7-9,11,13,17,19,21H,6,10,12,14H2,1H3,(H,22,23). The van der Waals surface area contributed by atoms with E-state index >= 15 is 0 Å². The number of amides is 1. The third kappa shape index (κ3) is 4.51. The Hall–Kier alpha value is -2.18. The fourth-order valence-corrected chi connectivity index (χ4v) is 3.94.